The van der Waals surface area contributed by atoms with E-state index in [0.717, 1.165) is 13.0 Å². The van der Waals surface area contributed by atoms with E-state index >= 15 is 0 Å². The lowest BCUT2D eigenvalue weighted by molar-refractivity contribution is -0.931. The molecule has 2 unspecified atom stereocenters. The van der Waals surface area contributed by atoms with E-state index < -0.39 is 0 Å². The van der Waals surface area contributed by atoms with Crippen LogP contribution in [-0.2, 0) is 0 Å². The maximum atomic E-state index is 10.9. The third kappa shape index (κ3) is 4.33. The summed E-state index contributed by atoms with van der Waals surface area (Å²) in [7, 11) is 0. The van der Waals surface area contributed by atoms with Gasteiger partial charge >= 0.3 is 0 Å². The third-order valence-electron chi connectivity index (χ3n) is 5.65. The van der Waals surface area contributed by atoms with Gasteiger partial charge in [-0.3, -0.25) is 0 Å². The van der Waals surface area contributed by atoms with Crippen LogP contribution in [0.4, 0.5) is 0 Å². The number of quaternary nitrogens is 1. The summed E-state index contributed by atoms with van der Waals surface area (Å²) in [6.07, 6.45) is 4.80. The highest BCUT2D eigenvalue weighted by Gasteiger charge is 2.31. The van der Waals surface area contributed by atoms with Crippen LogP contribution in [0.1, 0.15) is 57.9 Å². The molecular formula is C20H34NO+. The van der Waals surface area contributed by atoms with Gasteiger partial charge in [-0.1, -0.05) is 44.2 Å². The average molecular weight is 304 g/mol. The number of aliphatic hydroxyl groups excluding tert-OH is 1. The molecular weight excluding hydrogens is 270 g/mol. The van der Waals surface area contributed by atoms with Gasteiger partial charge < -0.3 is 9.59 Å². The molecule has 0 amide bonds. The molecule has 0 aromatic heterocycles. The van der Waals surface area contributed by atoms with E-state index in [4.69, 9.17) is 0 Å². The SMILES string of the molecule is CC[N+]1(CCC(O)C(c2ccccc2)C(C)C)CCCCC1. The Balaban J connectivity index is 2.01. The highest BCUT2D eigenvalue weighted by Crippen LogP contribution is 2.30. The molecule has 0 aliphatic carbocycles. The maximum Gasteiger partial charge on any atom is 0.0811 e. The molecule has 0 saturated carbocycles. The Bertz CT molecular complexity index is 423. The van der Waals surface area contributed by atoms with Gasteiger partial charge in [-0.05, 0) is 37.7 Å². The Kier molecular flexibility index (Phi) is 6.46. The van der Waals surface area contributed by atoms with Gasteiger partial charge in [0.25, 0.3) is 0 Å². The summed E-state index contributed by atoms with van der Waals surface area (Å²) in [6, 6.07) is 10.6. The number of piperidine rings is 1. The number of likely N-dealkylation sites (tertiary alicyclic amines) is 1. The molecule has 2 atom stereocenters. The van der Waals surface area contributed by atoms with Gasteiger partial charge in [0, 0.05) is 12.3 Å². The van der Waals surface area contributed by atoms with E-state index in [1.54, 1.807) is 0 Å². The van der Waals surface area contributed by atoms with Crippen molar-refractivity contribution in [2.24, 2.45) is 5.92 Å². The topological polar surface area (TPSA) is 20.2 Å². The molecule has 1 N–H and O–H groups in total. The summed E-state index contributed by atoms with van der Waals surface area (Å²) in [5.74, 6) is 0.719. The zero-order chi connectivity index (χ0) is 16.0. The van der Waals surface area contributed by atoms with Gasteiger partial charge in [0.05, 0.1) is 32.3 Å². The van der Waals surface area contributed by atoms with Crippen LogP contribution in [0.5, 0.6) is 0 Å². The van der Waals surface area contributed by atoms with Gasteiger partial charge in [-0.25, -0.2) is 0 Å². The summed E-state index contributed by atoms with van der Waals surface area (Å²) in [6.45, 7) is 11.7. The molecule has 2 rings (SSSR count). The summed E-state index contributed by atoms with van der Waals surface area (Å²) in [4.78, 5) is 0. The Labute approximate surface area is 136 Å². The van der Waals surface area contributed by atoms with Gasteiger partial charge in [0.1, 0.15) is 0 Å². The first-order valence-corrected chi connectivity index (χ1v) is 9.16. The van der Waals surface area contributed by atoms with Crippen LogP contribution >= 0.6 is 0 Å². The summed E-state index contributed by atoms with van der Waals surface area (Å²) < 4.78 is 1.22. The monoisotopic (exact) mass is 304 g/mol. The van der Waals surface area contributed by atoms with Crippen LogP contribution < -0.4 is 0 Å². The highest BCUT2D eigenvalue weighted by molar-refractivity contribution is 5.21. The molecule has 0 radical (unpaired) electrons. The van der Waals surface area contributed by atoms with Crippen molar-refractivity contribution >= 4 is 0 Å². The van der Waals surface area contributed by atoms with Crippen molar-refractivity contribution in [2.45, 2.75) is 58.5 Å². The van der Waals surface area contributed by atoms with Crippen LogP contribution in [0.3, 0.4) is 0 Å². The second kappa shape index (κ2) is 8.12. The first-order valence-electron chi connectivity index (χ1n) is 9.16. The quantitative estimate of drug-likeness (QED) is 0.749. The van der Waals surface area contributed by atoms with E-state index in [0.29, 0.717) is 5.92 Å². The van der Waals surface area contributed by atoms with Crippen molar-refractivity contribution in [3.63, 3.8) is 0 Å². The van der Waals surface area contributed by atoms with Crippen molar-refractivity contribution in [1.82, 2.24) is 0 Å². The third-order valence-corrected chi connectivity index (χ3v) is 5.65. The van der Waals surface area contributed by atoms with Crippen molar-refractivity contribution in [3.05, 3.63) is 35.9 Å². The zero-order valence-corrected chi connectivity index (χ0v) is 14.7. The van der Waals surface area contributed by atoms with Crippen LogP contribution in [0, 0.1) is 5.92 Å². The van der Waals surface area contributed by atoms with Crippen LogP contribution in [0.2, 0.25) is 0 Å². The highest BCUT2D eigenvalue weighted by atomic mass is 16.3. The molecule has 1 fully saturated rings. The summed E-state index contributed by atoms with van der Waals surface area (Å²) in [5.41, 5.74) is 1.28. The zero-order valence-electron chi connectivity index (χ0n) is 14.7. The summed E-state index contributed by atoms with van der Waals surface area (Å²) in [5, 5.41) is 10.9. The lowest BCUT2D eigenvalue weighted by Gasteiger charge is -2.42. The first-order chi connectivity index (χ1) is 10.6. The first kappa shape index (κ1) is 17.5. The van der Waals surface area contributed by atoms with Crippen LogP contribution in [-0.4, -0.2) is 41.9 Å². The lowest BCUT2D eigenvalue weighted by Crippen LogP contribution is -2.52. The van der Waals surface area contributed by atoms with E-state index in [9.17, 15) is 5.11 Å². The maximum absolute atomic E-state index is 10.9. The fourth-order valence-corrected chi connectivity index (χ4v) is 4.19. The number of hydrogen-bond donors (Lipinski definition) is 1. The predicted octanol–water partition coefficient (Wildman–Crippen LogP) is 4.20. The van der Waals surface area contributed by atoms with Crippen molar-refractivity contribution < 1.29 is 9.59 Å². The molecule has 2 heteroatoms. The van der Waals surface area contributed by atoms with Crippen molar-refractivity contribution in [3.8, 4) is 0 Å². The number of benzene rings is 1. The van der Waals surface area contributed by atoms with E-state index in [2.05, 4.69) is 51.1 Å². The minimum Gasteiger partial charge on any atom is -0.392 e. The Morgan fingerprint density at radius 3 is 2.23 bits per heavy atom. The fraction of sp³-hybridized carbons (Fsp3) is 0.700. The molecule has 0 spiro atoms. The standard InChI is InChI=1S/C20H34NO/c1-4-21(14-9-6-10-15-21)16-13-19(22)20(17(2)3)18-11-7-5-8-12-18/h5,7-8,11-12,17,19-20,22H,4,6,9-10,13-16H2,1-3H3/q+1. The number of hydrogen-bond acceptors (Lipinski definition) is 1. The van der Waals surface area contributed by atoms with Crippen molar-refractivity contribution in [1.29, 1.82) is 0 Å². The molecule has 1 heterocycles. The number of aliphatic hydroxyl groups is 1. The summed E-state index contributed by atoms with van der Waals surface area (Å²) >= 11 is 0. The minimum absolute atomic E-state index is 0.231. The van der Waals surface area contributed by atoms with Gasteiger partial charge in [0.15, 0.2) is 0 Å². The van der Waals surface area contributed by atoms with Crippen LogP contribution in [0.15, 0.2) is 30.3 Å². The number of nitrogens with zero attached hydrogens (tertiary/aromatic N) is 1. The smallest absolute Gasteiger partial charge is 0.0811 e. The Morgan fingerprint density at radius 2 is 1.68 bits per heavy atom. The Hall–Kier alpha value is -0.860. The minimum atomic E-state index is -0.231. The average Bonchev–Trinajstić information content (AvgIpc) is 2.55. The van der Waals surface area contributed by atoms with Crippen LogP contribution in [0.25, 0.3) is 0 Å². The molecule has 2 nitrogen and oxygen atoms in total. The van der Waals surface area contributed by atoms with Gasteiger partial charge in [0.2, 0.25) is 0 Å². The van der Waals surface area contributed by atoms with E-state index in [-0.39, 0.29) is 12.0 Å². The molecule has 1 aliphatic heterocycles. The molecule has 22 heavy (non-hydrogen) atoms. The van der Waals surface area contributed by atoms with E-state index in [1.165, 1.54) is 48.9 Å². The Morgan fingerprint density at radius 1 is 1.05 bits per heavy atom. The molecule has 124 valence electrons. The molecule has 1 aromatic carbocycles. The largest absolute Gasteiger partial charge is 0.392 e. The second-order valence-electron chi connectivity index (χ2n) is 7.43. The van der Waals surface area contributed by atoms with Crippen molar-refractivity contribution in [2.75, 3.05) is 26.2 Å². The molecule has 0 bridgehead atoms. The molecule has 1 aliphatic rings. The lowest BCUT2D eigenvalue weighted by atomic mass is 9.82. The molecule has 1 aromatic rings. The number of rotatable bonds is 7. The predicted molar refractivity (Wildman–Crippen MR) is 93.9 cm³/mol. The van der Waals surface area contributed by atoms with E-state index in [1.807, 2.05) is 0 Å². The fourth-order valence-electron chi connectivity index (χ4n) is 4.19. The van der Waals surface area contributed by atoms with Gasteiger partial charge in [-0.2, -0.15) is 0 Å². The molecule has 1 saturated heterocycles. The second-order valence-corrected chi connectivity index (χ2v) is 7.43. The normalized spacial score (nSPS) is 20.8. The van der Waals surface area contributed by atoms with Gasteiger partial charge in [-0.15, -0.1) is 0 Å².